The van der Waals surface area contributed by atoms with E-state index in [9.17, 15) is 5.11 Å². The number of hydrogen-bond acceptors (Lipinski definition) is 1. The number of hydrogen-bond donors (Lipinski definition) is 1. The molecule has 3 rings (SSSR count). The van der Waals surface area contributed by atoms with E-state index in [4.69, 9.17) is 0 Å². The summed E-state index contributed by atoms with van der Waals surface area (Å²) in [7, 11) is 0. The van der Waals surface area contributed by atoms with E-state index in [2.05, 4.69) is 34.3 Å². The molecular formula is C16H26O. The van der Waals surface area contributed by atoms with E-state index in [0.717, 1.165) is 6.42 Å². The zero-order chi connectivity index (χ0) is 12.6. The van der Waals surface area contributed by atoms with Gasteiger partial charge in [-0.2, -0.15) is 0 Å². The third-order valence-corrected chi connectivity index (χ3v) is 6.76. The lowest BCUT2D eigenvalue weighted by molar-refractivity contribution is 0.0139. The molecule has 96 valence electrons. The van der Waals surface area contributed by atoms with Gasteiger partial charge < -0.3 is 5.11 Å². The highest BCUT2D eigenvalue weighted by atomic mass is 16.3. The predicted octanol–water partition coefficient (Wildman–Crippen LogP) is 3.78. The molecule has 0 aliphatic heterocycles. The summed E-state index contributed by atoms with van der Waals surface area (Å²) in [5.41, 5.74) is 2.01. The standard InChI is InChI=1S/C16H26O/c1-10-6-7-15(4)12-9-14(2,3)8-11(12)13(17)16(10,15)5/h11-13,17H,1,6-9H2,2-5H3/t11-,12+,13+,15-,16+/m1/s1. The molecule has 3 saturated carbocycles. The molecule has 1 heteroatoms. The van der Waals surface area contributed by atoms with Gasteiger partial charge >= 0.3 is 0 Å². The van der Waals surface area contributed by atoms with Gasteiger partial charge in [0.25, 0.3) is 0 Å². The maximum atomic E-state index is 10.8. The van der Waals surface area contributed by atoms with E-state index in [0.29, 0.717) is 22.7 Å². The maximum absolute atomic E-state index is 10.8. The molecule has 3 aliphatic rings. The Labute approximate surface area is 105 Å². The van der Waals surface area contributed by atoms with E-state index in [1.165, 1.54) is 24.8 Å². The van der Waals surface area contributed by atoms with E-state index >= 15 is 0 Å². The van der Waals surface area contributed by atoms with Gasteiger partial charge in [0, 0.05) is 5.41 Å². The Kier molecular flexibility index (Phi) is 2.07. The van der Waals surface area contributed by atoms with Crippen molar-refractivity contribution in [2.24, 2.45) is 28.1 Å². The van der Waals surface area contributed by atoms with Crippen molar-refractivity contribution < 1.29 is 5.11 Å². The molecule has 0 heterocycles. The summed E-state index contributed by atoms with van der Waals surface area (Å²) in [6.07, 6.45) is 4.67. The highest BCUT2D eigenvalue weighted by molar-refractivity contribution is 5.31. The Bertz CT molecular complexity index is 383. The first-order valence-corrected chi connectivity index (χ1v) is 7.09. The molecule has 0 aromatic carbocycles. The Morgan fingerprint density at radius 1 is 1.18 bits per heavy atom. The number of aliphatic hydroxyl groups excluding tert-OH is 1. The van der Waals surface area contributed by atoms with Gasteiger partial charge in [-0.05, 0) is 48.3 Å². The summed E-state index contributed by atoms with van der Waals surface area (Å²) >= 11 is 0. The van der Waals surface area contributed by atoms with Crippen LogP contribution in [0.15, 0.2) is 12.2 Å². The van der Waals surface area contributed by atoms with Gasteiger partial charge in [0.2, 0.25) is 0 Å². The Morgan fingerprint density at radius 2 is 1.82 bits per heavy atom. The van der Waals surface area contributed by atoms with Crippen molar-refractivity contribution in [2.75, 3.05) is 0 Å². The Hall–Kier alpha value is -0.300. The van der Waals surface area contributed by atoms with Crippen LogP contribution in [0, 0.1) is 28.1 Å². The molecule has 0 unspecified atom stereocenters. The SMILES string of the molecule is C=C1CC[C@]2(C)[C@H]3CC(C)(C)C[C@H]3[C@H](O)[C@]12C. The molecule has 3 fully saturated rings. The van der Waals surface area contributed by atoms with Gasteiger partial charge in [-0.15, -0.1) is 0 Å². The van der Waals surface area contributed by atoms with Crippen LogP contribution in [-0.2, 0) is 0 Å². The third-order valence-electron chi connectivity index (χ3n) is 6.76. The minimum Gasteiger partial charge on any atom is -0.392 e. The molecule has 1 N–H and O–H groups in total. The van der Waals surface area contributed by atoms with Crippen LogP contribution in [-0.4, -0.2) is 11.2 Å². The van der Waals surface area contributed by atoms with Crippen LogP contribution in [0.25, 0.3) is 0 Å². The monoisotopic (exact) mass is 234 g/mol. The molecule has 0 saturated heterocycles. The summed E-state index contributed by atoms with van der Waals surface area (Å²) in [6, 6.07) is 0. The third kappa shape index (κ3) is 1.15. The van der Waals surface area contributed by atoms with Crippen molar-refractivity contribution in [3.05, 3.63) is 12.2 Å². The van der Waals surface area contributed by atoms with Crippen molar-refractivity contribution in [2.45, 2.75) is 59.5 Å². The van der Waals surface area contributed by atoms with E-state index < -0.39 is 0 Å². The van der Waals surface area contributed by atoms with E-state index in [1.54, 1.807) is 0 Å². The van der Waals surface area contributed by atoms with Crippen LogP contribution in [0.2, 0.25) is 0 Å². The number of fused-ring (bicyclic) bond motifs is 3. The first-order valence-electron chi connectivity index (χ1n) is 7.09. The lowest BCUT2D eigenvalue weighted by Gasteiger charge is -2.41. The molecule has 0 radical (unpaired) electrons. The quantitative estimate of drug-likeness (QED) is 0.632. The largest absolute Gasteiger partial charge is 0.392 e. The molecule has 0 bridgehead atoms. The molecular weight excluding hydrogens is 208 g/mol. The smallest absolute Gasteiger partial charge is 0.0667 e. The first kappa shape index (κ1) is 11.8. The maximum Gasteiger partial charge on any atom is 0.0667 e. The van der Waals surface area contributed by atoms with Crippen LogP contribution >= 0.6 is 0 Å². The van der Waals surface area contributed by atoms with Crippen molar-refractivity contribution in [3.8, 4) is 0 Å². The van der Waals surface area contributed by atoms with Crippen molar-refractivity contribution >= 4 is 0 Å². The number of rotatable bonds is 0. The summed E-state index contributed by atoms with van der Waals surface area (Å²) in [5, 5.41) is 10.8. The fourth-order valence-corrected chi connectivity index (χ4v) is 5.52. The van der Waals surface area contributed by atoms with Gasteiger partial charge in [-0.3, -0.25) is 0 Å². The second kappa shape index (κ2) is 2.99. The molecule has 0 spiro atoms. The molecule has 5 atom stereocenters. The highest BCUT2D eigenvalue weighted by Gasteiger charge is 2.69. The average molecular weight is 234 g/mol. The van der Waals surface area contributed by atoms with Crippen LogP contribution in [0.1, 0.15) is 53.4 Å². The predicted molar refractivity (Wildman–Crippen MR) is 70.6 cm³/mol. The van der Waals surface area contributed by atoms with Crippen LogP contribution in [0.4, 0.5) is 0 Å². The lowest BCUT2D eigenvalue weighted by Crippen LogP contribution is -2.39. The minimum atomic E-state index is -0.158. The second-order valence-corrected chi connectivity index (χ2v) is 8.01. The molecule has 0 aromatic heterocycles. The Morgan fingerprint density at radius 3 is 2.47 bits per heavy atom. The lowest BCUT2D eigenvalue weighted by atomic mass is 9.63. The zero-order valence-corrected chi connectivity index (χ0v) is 11.7. The fraction of sp³-hybridized carbons (Fsp3) is 0.875. The summed E-state index contributed by atoms with van der Waals surface area (Å²) in [5.74, 6) is 1.22. The normalized spacial score (nSPS) is 56.1. The minimum absolute atomic E-state index is 0.0150. The van der Waals surface area contributed by atoms with Gasteiger partial charge in [0.1, 0.15) is 0 Å². The Balaban J connectivity index is 2.07. The second-order valence-electron chi connectivity index (χ2n) is 8.01. The molecule has 0 amide bonds. The van der Waals surface area contributed by atoms with Gasteiger partial charge in [0.05, 0.1) is 6.10 Å². The van der Waals surface area contributed by atoms with Crippen LogP contribution in [0.5, 0.6) is 0 Å². The number of aliphatic hydroxyl groups is 1. The summed E-state index contributed by atoms with van der Waals surface area (Å²) < 4.78 is 0. The van der Waals surface area contributed by atoms with Gasteiger partial charge in [0.15, 0.2) is 0 Å². The molecule has 1 nitrogen and oxygen atoms in total. The molecule has 17 heavy (non-hydrogen) atoms. The van der Waals surface area contributed by atoms with Crippen molar-refractivity contribution in [1.29, 1.82) is 0 Å². The van der Waals surface area contributed by atoms with Gasteiger partial charge in [-0.25, -0.2) is 0 Å². The fourth-order valence-electron chi connectivity index (χ4n) is 5.52. The average Bonchev–Trinajstić information content (AvgIpc) is 2.73. The van der Waals surface area contributed by atoms with Crippen LogP contribution < -0.4 is 0 Å². The summed E-state index contributed by atoms with van der Waals surface area (Å²) in [4.78, 5) is 0. The first-order chi connectivity index (χ1) is 7.72. The van der Waals surface area contributed by atoms with Crippen molar-refractivity contribution in [3.63, 3.8) is 0 Å². The van der Waals surface area contributed by atoms with Crippen molar-refractivity contribution in [1.82, 2.24) is 0 Å². The molecule has 0 aromatic rings. The highest BCUT2D eigenvalue weighted by Crippen LogP contribution is 2.73. The van der Waals surface area contributed by atoms with Gasteiger partial charge in [-0.1, -0.05) is 39.8 Å². The zero-order valence-electron chi connectivity index (χ0n) is 11.7. The summed E-state index contributed by atoms with van der Waals surface area (Å²) in [6.45, 7) is 13.7. The van der Waals surface area contributed by atoms with E-state index in [1.807, 2.05) is 0 Å². The van der Waals surface area contributed by atoms with Crippen LogP contribution in [0.3, 0.4) is 0 Å². The topological polar surface area (TPSA) is 20.2 Å². The van der Waals surface area contributed by atoms with E-state index in [-0.39, 0.29) is 11.5 Å². The molecule has 3 aliphatic carbocycles.